The fourth-order valence-corrected chi connectivity index (χ4v) is 4.69. The number of benzene rings is 3. The highest BCUT2D eigenvalue weighted by Crippen LogP contribution is 2.20. The Balaban J connectivity index is 0.000000571. The molecular formula is C34H48N4O3. The van der Waals surface area contributed by atoms with E-state index in [1.807, 2.05) is 47.6 Å². The van der Waals surface area contributed by atoms with Crippen LogP contribution in [0.15, 0.2) is 91.3 Å². The van der Waals surface area contributed by atoms with Crippen molar-refractivity contribution in [3.63, 3.8) is 0 Å². The second-order valence-electron chi connectivity index (χ2n) is 10.0. The summed E-state index contributed by atoms with van der Waals surface area (Å²) in [4.78, 5) is 20.3. The molecule has 1 saturated heterocycles. The number of methoxy groups -OCH3 is 1. The first-order valence-corrected chi connectivity index (χ1v) is 14.5. The van der Waals surface area contributed by atoms with E-state index >= 15 is 0 Å². The van der Waals surface area contributed by atoms with Crippen molar-refractivity contribution in [3.8, 4) is 5.75 Å². The quantitative estimate of drug-likeness (QED) is 0.329. The van der Waals surface area contributed by atoms with E-state index in [9.17, 15) is 4.79 Å². The minimum atomic E-state index is 0. The van der Waals surface area contributed by atoms with Crippen molar-refractivity contribution in [2.45, 2.75) is 46.2 Å². The molecule has 0 unspecified atom stereocenters. The summed E-state index contributed by atoms with van der Waals surface area (Å²) in [6.07, 6.45) is 6.45. The Labute approximate surface area is 245 Å². The van der Waals surface area contributed by atoms with Crippen LogP contribution < -0.4 is 10.1 Å². The standard InChI is InChI=1S/C27H33N3O2.C4H5N.C3H8.H2O/c1-32-25-11-4-7-22(19-25)20-30-18-15-28-14-17-29(16-6-13-27(30)31)21-24-10-5-9-23-8-2-3-12-26(23)24;1-2-4-5-3-1;1-3-2;/h2-5,7-12,19,28H,6,13-18,20-21H2,1H3;1-5H;3H2,1-2H3;1H2. The highest BCUT2D eigenvalue weighted by atomic mass is 16.5. The van der Waals surface area contributed by atoms with Crippen LogP contribution in [0.4, 0.5) is 0 Å². The number of carbonyl (C=O) groups excluding carboxylic acids is 1. The summed E-state index contributed by atoms with van der Waals surface area (Å²) < 4.78 is 5.33. The van der Waals surface area contributed by atoms with E-state index in [2.05, 4.69) is 77.6 Å². The van der Waals surface area contributed by atoms with Crippen molar-refractivity contribution in [2.75, 3.05) is 39.8 Å². The predicted octanol–water partition coefficient (Wildman–Crippen LogP) is 5.67. The van der Waals surface area contributed by atoms with Gasteiger partial charge in [-0.05, 0) is 59.1 Å². The lowest BCUT2D eigenvalue weighted by atomic mass is 10.0. The fraction of sp³-hybridized carbons (Fsp3) is 0.382. The van der Waals surface area contributed by atoms with Crippen LogP contribution in [0.1, 0.15) is 44.2 Å². The minimum Gasteiger partial charge on any atom is -0.497 e. The van der Waals surface area contributed by atoms with Crippen molar-refractivity contribution in [1.82, 2.24) is 20.1 Å². The maximum absolute atomic E-state index is 13.0. The van der Waals surface area contributed by atoms with E-state index in [0.717, 1.165) is 57.0 Å². The summed E-state index contributed by atoms with van der Waals surface area (Å²) in [6, 6.07) is 27.0. The zero-order valence-electron chi connectivity index (χ0n) is 24.9. The number of nitrogens with one attached hydrogen (secondary N) is 2. The summed E-state index contributed by atoms with van der Waals surface area (Å²) in [7, 11) is 1.67. The number of fused-ring (bicyclic) bond motifs is 1. The van der Waals surface area contributed by atoms with Gasteiger partial charge in [0.2, 0.25) is 5.91 Å². The van der Waals surface area contributed by atoms with Crippen LogP contribution in [-0.2, 0) is 17.9 Å². The Morgan fingerprint density at radius 3 is 2.27 bits per heavy atom. The van der Waals surface area contributed by atoms with Crippen molar-refractivity contribution in [3.05, 3.63) is 102 Å². The summed E-state index contributed by atoms with van der Waals surface area (Å²) in [6.45, 7) is 10.1. The summed E-state index contributed by atoms with van der Waals surface area (Å²) in [5, 5.41) is 6.13. The third-order valence-electron chi connectivity index (χ3n) is 6.66. The van der Waals surface area contributed by atoms with Crippen LogP contribution in [0.25, 0.3) is 10.8 Å². The van der Waals surface area contributed by atoms with Crippen molar-refractivity contribution < 1.29 is 15.0 Å². The van der Waals surface area contributed by atoms with Crippen molar-refractivity contribution in [2.24, 2.45) is 0 Å². The number of rotatable bonds is 5. The van der Waals surface area contributed by atoms with Crippen molar-refractivity contribution >= 4 is 16.7 Å². The van der Waals surface area contributed by atoms with Gasteiger partial charge in [-0.25, -0.2) is 0 Å². The Morgan fingerprint density at radius 2 is 1.54 bits per heavy atom. The van der Waals surface area contributed by atoms with Gasteiger partial charge in [-0.15, -0.1) is 0 Å². The maximum Gasteiger partial charge on any atom is 0.222 e. The molecule has 1 amide bonds. The Kier molecular flexibility index (Phi) is 15.9. The van der Waals surface area contributed by atoms with Gasteiger partial charge in [-0.3, -0.25) is 9.69 Å². The van der Waals surface area contributed by atoms with E-state index in [0.29, 0.717) is 13.0 Å². The van der Waals surface area contributed by atoms with Gasteiger partial charge in [-0.1, -0.05) is 74.9 Å². The van der Waals surface area contributed by atoms with Crippen LogP contribution in [0, 0.1) is 0 Å². The molecule has 4 aromatic rings. The number of ether oxygens (including phenoxy) is 1. The SMILES string of the molecule is CCC.COc1cccc(CN2CCNCCN(Cc3cccc4ccccc34)CCCC2=O)c1.O.c1cc[nH]c1. The number of carbonyl (C=O) groups is 1. The van der Waals surface area contributed by atoms with Crippen LogP contribution in [0.5, 0.6) is 5.75 Å². The second-order valence-corrected chi connectivity index (χ2v) is 10.0. The molecule has 0 radical (unpaired) electrons. The van der Waals surface area contributed by atoms with Gasteiger partial charge in [0.25, 0.3) is 0 Å². The monoisotopic (exact) mass is 560 g/mol. The number of aromatic amines is 1. The van der Waals surface area contributed by atoms with E-state index < -0.39 is 0 Å². The molecule has 41 heavy (non-hydrogen) atoms. The van der Waals surface area contributed by atoms with Gasteiger partial charge >= 0.3 is 0 Å². The van der Waals surface area contributed by atoms with Crippen molar-refractivity contribution in [1.29, 1.82) is 0 Å². The van der Waals surface area contributed by atoms with E-state index in [1.54, 1.807) is 7.11 Å². The molecule has 0 atom stereocenters. The molecule has 3 aromatic carbocycles. The van der Waals surface area contributed by atoms with Gasteiger partial charge < -0.3 is 25.4 Å². The maximum atomic E-state index is 13.0. The number of hydrogen-bond donors (Lipinski definition) is 2. The van der Waals surface area contributed by atoms with E-state index in [1.165, 1.54) is 22.8 Å². The number of aromatic nitrogens is 1. The molecule has 222 valence electrons. The number of H-pyrrole nitrogens is 1. The van der Waals surface area contributed by atoms with Gasteiger partial charge in [-0.2, -0.15) is 0 Å². The normalized spacial score (nSPS) is 14.4. The average molecular weight is 561 g/mol. The van der Waals surface area contributed by atoms with Crippen LogP contribution in [0.2, 0.25) is 0 Å². The fourth-order valence-electron chi connectivity index (χ4n) is 4.69. The molecule has 0 spiro atoms. The average Bonchev–Trinajstić information content (AvgIpc) is 3.56. The number of nitrogens with zero attached hydrogens (tertiary/aromatic N) is 2. The third-order valence-corrected chi connectivity index (χ3v) is 6.66. The lowest BCUT2D eigenvalue weighted by molar-refractivity contribution is -0.131. The molecular weight excluding hydrogens is 512 g/mol. The van der Waals surface area contributed by atoms with Crippen LogP contribution >= 0.6 is 0 Å². The summed E-state index contributed by atoms with van der Waals surface area (Å²) in [5.74, 6) is 1.05. The molecule has 2 heterocycles. The van der Waals surface area contributed by atoms with Gasteiger partial charge in [0, 0.05) is 58.1 Å². The molecule has 1 fully saturated rings. The second kappa shape index (κ2) is 19.4. The van der Waals surface area contributed by atoms with Gasteiger partial charge in [0.05, 0.1) is 7.11 Å². The molecule has 1 aromatic heterocycles. The molecule has 5 rings (SSSR count). The molecule has 1 aliphatic rings. The molecule has 0 bridgehead atoms. The Morgan fingerprint density at radius 1 is 0.829 bits per heavy atom. The molecule has 0 saturated carbocycles. The highest BCUT2D eigenvalue weighted by molar-refractivity contribution is 5.85. The summed E-state index contributed by atoms with van der Waals surface area (Å²) >= 11 is 0. The van der Waals surface area contributed by atoms with E-state index in [4.69, 9.17) is 4.74 Å². The largest absolute Gasteiger partial charge is 0.497 e. The number of amides is 1. The first-order valence-electron chi connectivity index (χ1n) is 14.5. The molecule has 7 nitrogen and oxygen atoms in total. The molecule has 1 aliphatic heterocycles. The lowest BCUT2D eigenvalue weighted by Crippen LogP contribution is -2.37. The summed E-state index contributed by atoms with van der Waals surface area (Å²) in [5.41, 5.74) is 2.45. The first kappa shape index (κ1) is 33.6. The lowest BCUT2D eigenvalue weighted by Gasteiger charge is -2.23. The molecule has 7 heteroatoms. The zero-order chi connectivity index (χ0) is 28.4. The molecule has 4 N–H and O–H groups in total. The van der Waals surface area contributed by atoms with Gasteiger partial charge in [0.15, 0.2) is 0 Å². The highest BCUT2D eigenvalue weighted by Gasteiger charge is 2.17. The zero-order valence-corrected chi connectivity index (χ0v) is 24.9. The topological polar surface area (TPSA) is 92.1 Å². The van der Waals surface area contributed by atoms with Crippen LogP contribution in [0.3, 0.4) is 0 Å². The Hall–Kier alpha value is -3.65. The third kappa shape index (κ3) is 11.8. The number of hydrogen-bond acceptors (Lipinski definition) is 4. The smallest absolute Gasteiger partial charge is 0.222 e. The van der Waals surface area contributed by atoms with E-state index in [-0.39, 0.29) is 11.4 Å². The first-order chi connectivity index (χ1) is 19.6. The van der Waals surface area contributed by atoms with Crippen LogP contribution in [-0.4, -0.2) is 66.0 Å². The predicted molar refractivity (Wildman–Crippen MR) is 170 cm³/mol. The van der Waals surface area contributed by atoms with Gasteiger partial charge in [0.1, 0.15) is 5.75 Å². The molecule has 0 aliphatic carbocycles. The minimum absolute atomic E-state index is 0. The Bertz CT molecular complexity index is 1220.